The molecule has 0 atom stereocenters. The van der Waals surface area contributed by atoms with E-state index >= 15 is 0 Å². The van der Waals surface area contributed by atoms with Crippen LogP contribution in [0.15, 0.2) is 30.9 Å². The Morgan fingerprint density at radius 3 is 2.50 bits per heavy atom. The molecule has 0 bridgehead atoms. The van der Waals surface area contributed by atoms with E-state index in [1.807, 2.05) is 0 Å². The molecular formula is C18H25NO5. The number of carbonyl (C=O) groups is 2. The van der Waals surface area contributed by atoms with Gasteiger partial charge < -0.3 is 19.9 Å². The van der Waals surface area contributed by atoms with Gasteiger partial charge in [0, 0.05) is 12.6 Å². The molecule has 0 aliphatic heterocycles. The topological polar surface area (TPSA) is 84.9 Å². The minimum absolute atomic E-state index is 0.0566. The molecule has 0 fully saturated rings. The lowest BCUT2D eigenvalue weighted by atomic mass is 9.82. The third-order valence-corrected chi connectivity index (χ3v) is 4.18. The van der Waals surface area contributed by atoms with Crippen LogP contribution in [0.25, 0.3) is 0 Å². The molecule has 1 amide bonds. The monoisotopic (exact) mass is 335 g/mol. The number of hydrogen-bond donors (Lipinski definition) is 2. The molecule has 0 aromatic heterocycles. The fourth-order valence-corrected chi connectivity index (χ4v) is 2.31. The van der Waals surface area contributed by atoms with Crippen molar-refractivity contribution in [2.45, 2.75) is 26.7 Å². The van der Waals surface area contributed by atoms with Gasteiger partial charge in [0.2, 0.25) is 0 Å². The van der Waals surface area contributed by atoms with Gasteiger partial charge in [-0.2, -0.15) is 0 Å². The predicted octanol–water partition coefficient (Wildman–Crippen LogP) is 2.88. The third kappa shape index (κ3) is 4.50. The van der Waals surface area contributed by atoms with Gasteiger partial charge in [0.25, 0.3) is 5.91 Å². The Bertz CT molecular complexity index is 593. The minimum Gasteiger partial charge on any atom is -0.497 e. The second kappa shape index (κ2) is 8.96. The van der Waals surface area contributed by atoms with E-state index in [2.05, 4.69) is 11.9 Å². The van der Waals surface area contributed by atoms with E-state index < -0.39 is 11.4 Å². The van der Waals surface area contributed by atoms with Gasteiger partial charge in [-0.1, -0.05) is 26.5 Å². The molecule has 0 heterocycles. The zero-order valence-corrected chi connectivity index (χ0v) is 14.4. The van der Waals surface area contributed by atoms with Crippen molar-refractivity contribution in [3.8, 4) is 11.5 Å². The average molecular weight is 335 g/mol. The molecule has 0 radical (unpaired) electrons. The first-order valence-corrected chi connectivity index (χ1v) is 7.87. The largest absolute Gasteiger partial charge is 0.497 e. The van der Waals surface area contributed by atoms with Crippen LogP contribution in [0.4, 0.5) is 0 Å². The van der Waals surface area contributed by atoms with Crippen LogP contribution < -0.4 is 14.8 Å². The second-order valence-electron chi connectivity index (χ2n) is 5.44. The van der Waals surface area contributed by atoms with E-state index in [-0.39, 0.29) is 19.1 Å². The lowest BCUT2D eigenvalue weighted by Crippen LogP contribution is -2.42. The van der Waals surface area contributed by atoms with Crippen LogP contribution in [0.5, 0.6) is 11.5 Å². The van der Waals surface area contributed by atoms with E-state index in [1.54, 1.807) is 38.1 Å². The van der Waals surface area contributed by atoms with Crippen LogP contribution in [0.2, 0.25) is 0 Å². The molecular weight excluding hydrogens is 310 g/mol. The number of rotatable bonds is 10. The summed E-state index contributed by atoms with van der Waals surface area (Å²) in [5, 5.41) is 12.2. The molecule has 6 heteroatoms. The van der Waals surface area contributed by atoms with E-state index in [0.717, 1.165) is 0 Å². The standard InChI is InChI=1S/C18H25NO5/c1-5-10-24-15-11-13(23-4)8-9-14(15)16(20)19-12-18(6-2,7-3)17(21)22/h5,8-9,11H,1,6-7,10,12H2,2-4H3,(H,19,20)(H,21,22). The first-order valence-electron chi connectivity index (χ1n) is 7.87. The number of carboxylic acid groups (broad SMARTS) is 1. The number of carboxylic acids is 1. The minimum atomic E-state index is -0.968. The summed E-state index contributed by atoms with van der Waals surface area (Å²) in [4.78, 5) is 24.0. The summed E-state index contributed by atoms with van der Waals surface area (Å²) in [5.74, 6) is -0.372. The molecule has 1 rings (SSSR count). The van der Waals surface area contributed by atoms with Gasteiger partial charge in [0.15, 0.2) is 0 Å². The Kier molecular flexibility index (Phi) is 7.30. The quantitative estimate of drug-likeness (QED) is 0.642. The highest BCUT2D eigenvalue weighted by atomic mass is 16.5. The van der Waals surface area contributed by atoms with Gasteiger partial charge >= 0.3 is 5.97 Å². The number of amides is 1. The summed E-state index contributed by atoms with van der Waals surface area (Å²) in [5.41, 5.74) is -0.645. The van der Waals surface area contributed by atoms with Gasteiger partial charge in [-0.05, 0) is 25.0 Å². The Hall–Kier alpha value is -2.50. The van der Waals surface area contributed by atoms with Crippen LogP contribution in [-0.4, -0.2) is 37.2 Å². The van der Waals surface area contributed by atoms with Crippen molar-refractivity contribution in [3.63, 3.8) is 0 Å². The van der Waals surface area contributed by atoms with Gasteiger partial charge in [-0.15, -0.1) is 0 Å². The predicted molar refractivity (Wildman–Crippen MR) is 91.7 cm³/mol. The average Bonchev–Trinajstić information content (AvgIpc) is 2.60. The smallest absolute Gasteiger partial charge is 0.311 e. The number of aliphatic carboxylic acids is 1. The third-order valence-electron chi connectivity index (χ3n) is 4.18. The molecule has 1 aromatic rings. The van der Waals surface area contributed by atoms with Gasteiger partial charge in [-0.3, -0.25) is 9.59 Å². The van der Waals surface area contributed by atoms with E-state index in [1.165, 1.54) is 7.11 Å². The highest BCUT2D eigenvalue weighted by Crippen LogP contribution is 2.28. The summed E-state index contributed by atoms with van der Waals surface area (Å²) >= 11 is 0. The van der Waals surface area contributed by atoms with Crippen LogP contribution in [0.3, 0.4) is 0 Å². The van der Waals surface area contributed by atoms with Crippen LogP contribution in [0, 0.1) is 5.41 Å². The number of methoxy groups -OCH3 is 1. The Morgan fingerprint density at radius 1 is 1.33 bits per heavy atom. The van der Waals surface area contributed by atoms with Gasteiger partial charge in [0.05, 0.1) is 18.1 Å². The summed E-state index contributed by atoms with van der Waals surface area (Å²) < 4.78 is 10.6. The summed E-state index contributed by atoms with van der Waals surface area (Å²) in [6, 6.07) is 4.86. The van der Waals surface area contributed by atoms with Gasteiger partial charge in [-0.25, -0.2) is 0 Å². The molecule has 24 heavy (non-hydrogen) atoms. The molecule has 0 saturated heterocycles. The molecule has 0 unspecified atom stereocenters. The number of hydrogen-bond acceptors (Lipinski definition) is 4. The molecule has 0 aliphatic carbocycles. The molecule has 2 N–H and O–H groups in total. The maximum Gasteiger partial charge on any atom is 0.311 e. The van der Waals surface area contributed by atoms with Crippen LogP contribution in [0.1, 0.15) is 37.0 Å². The number of carbonyl (C=O) groups excluding carboxylic acids is 1. The molecule has 0 saturated carbocycles. The number of benzene rings is 1. The summed E-state index contributed by atoms with van der Waals surface area (Å²) in [6.45, 7) is 7.49. The molecule has 0 spiro atoms. The summed E-state index contributed by atoms with van der Waals surface area (Å²) in [7, 11) is 1.52. The van der Waals surface area contributed by atoms with Crippen molar-refractivity contribution in [2.24, 2.45) is 5.41 Å². The maximum absolute atomic E-state index is 12.5. The fourth-order valence-electron chi connectivity index (χ4n) is 2.31. The first kappa shape index (κ1) is 19.5. The Morgan fingerprint density at radius 2 is 2.00 bits per heavy atom. The van der Waals surface area contributed by atoms with E-state index in [9.17, 15) is 14.7 Å². The highest BCUT2D eigenvalue weighted by molar-refractivity contribution is 5.97. The number of nitrogens with one attached hydrogen (secondary N) is 1. The maximum atomic E-state index is 12.5. The summed E-state index contributed by atoms with van der Waals surface area (Å²) in [6.07, 6.45) is 2.44. The molecule has 1 aromatic carbocycles. The van der Waals surface area contributed by atoms with E-state index in [0.29, 0.717) is 29.9 Å². The van der Waals surface area contributed by atoms with Crippen molar-refractivity contribution in [1.29, 1.82) is 0 Å². The van der Waals surface area contributed by atoms with Gasteiger partial charge in [0.1, 0.15) is 18.1 Å². The zero-order valence-electron chi connectivity index (χ0n) is 14.4. The van der Waals surface area contributed by atoms with Crippen molar-refractivity contribution in [2.75, 3.05) is 20.3 Å². The van der Waals surface area contributed by atoms with E-state index in [4.69, 9.17) is 9.47 Å². The lowest BCUT2D eigenvalue weighted by Gasteiger charge is -2.27. The zero-order chi connectivity index (χ0) is 18.2. The van der Waals surface area contributed by atoms with Crippen molar-refractivity contribution >= 4 is 11.9 Å². The van der Waals surface area contributed by atoms with Crippen molar-refractivity contribution in [1.82, 2.24) is 5.32 Å². The lowest BCUT2D eigenvalue weighted by molar-refractivity contribution is -0.149. The molecule has 0 aliphatic rings. The Labute approximate surface area is 142 Å². The van der Waals surface area contributed by atoms with Crippen molar-refractivity contribution < 1.29 is 24.2 Å². The molecule has 132 valence electrons. The SMILES string of the molecule is C=CCOc1cc(OC)ccc1C(=O)NCC(CC)(CC)C(=O)O. The van der Waals surface area contributed by atoms with Crippen LogP contribution >= 0.6 is 0 Å². The second-order valence-corrected chi connectivity index (χ2v) is 5.44. The van der Waals surface area contributed by atoms with Crippen molar-refractivity contribution in [3.05, 3.63) is 36.4 Å². The Balaban J connectivity index is 2.97. The number of ether oxygens (including phenoxy) is 2. The van der Waals surface area contributed by atoms with Crippen LogP contribution in [-0.2, 0) is 4.79 Å². The first-order chi connectivity index (χ1) is 11.4. The highest BCUT2D eigenvalue weighted by Gasteiger charge is 2.35. The fraction of sp³-hybridized carbons (Fsp3) is 0.444. The normalized spacial score (nSPS) is 10.8. The molecule has 6 nitrogen and oxygen atoms in total.